The van der Waals surface area contributed by atoms with Crippen LogP contribution in [-0.2, 0) is 17.1 Å². The fourth-order valence-electron chi connectivity index (χ4n) is 3.75. The molecule has 0 unspecified atom stereocenters. The van der Waals surface area contributed by atoms with E-state index in [0.717, 1.165) is 0 Å². The summed E-state index contributed by atoms with van der Waals surface area (Å²) in [5.74, 6) is 0.355. The maximum absolute atomic E-state index is 13.2. The number of carbonyl (C=O) groups is 1. The van der Waals surface area contributed by atoms with Crippen LogP contribution in [0.2, 0.25) is 0 Å². The van der Waals surface area contributed by atoms with Crippen molar-refractivity contribution < 1.29 is 17.6 Å². The average molecular weight is 433 g/mol. The molecule has 1 saturated heterocycles. The summed E-state index contributed by atoms with van der Waals surface area (Å²) in [7, 11) is -1.96. The Bertz CT molecular complexity index is 1160. The van der Waals surface area contributed by atoms with Crippen molar-refractivity contribution in [3.63, 3.8) is 0 Å². The second kappa shape index (κ2) is 7.73. The molecule has 160 valence electrons. The number of aromatic amines is 1. The van der Waals surface area contributed by atoms with Crippen LogP contribution < -0.4 is 0 Å². The van der Waals surface area contributed by atoms with Gasteiger partial charge in [-0.25, -0.2) is 8.42 Å². The Balaban J connectivity index is 1.49. The third-order valence-corrected chi connectivity index (χ3v) is 7.52. The zero-order valence-corrected chi connectivity index (χ0v) is 17.9. The summed E-state index contributed by atoms with van der Waals surface area (Å²) in [5, 5.41) is 11.1. The van der Waals surface area contributed by atoms with Crippen LogP contribution in [0.4, 0.5) is 0 Å². The van der Waals surface area contributed by atoms with Crippen LogP contribution in [0.25, 0.3) is 11.5 Å². The molecule has 3 aromatic heterocycles. The number of hydrogen-bond donors (Lipinski definition) is 1. The molecule has 0 aliphatic carbocycles. The van der Waals surface area contributed by atoms with E-state index < -0.39 is 10.0 Å². The van der Waals surface area contributed by atoms with Crippen LogP contribution in [0.15, 0.2) is 33.8 Å². The highest BCUT2D eigenvalue weighted by atomic mass is 32.2. The van der Waals surface area contributed by atoms with Gasteiger partial charge in [0.25, 0.3) is 5.91 Å². The van der Waals surface area contributed by atoms with Gasteiger partial charge in [0.1, 0.15) is 10.6 Å². The number of rotatable bonds is 4. The first kappa shape index (κ1) is 20.4. The number of H-pyrrole nitrogens is 1. The van der Waals surface area contributed by atoms with Gasteiger partial charge < -0.3 is 9.32 Å². The smallest absolute Gasteiger partial charge is 0.274 e. The minimum Gasteiger partial charge on any atom is -0.463 e. The number of carbonyl (C=O) groups excluding carboxylic acids is 1. The van der Waals surface area contributed by atoms with Crippen molar-refractivity contribution in [2.45, 2.75) is 25.2 Å². The lowest BCUT2D eigenvalue weighted by Crippen LogP contribution is -2.37. The molecule has 1 aliphatic heterocycles. The van der Waals surface area contributed by atoms with E-state index in [1.54, 1.807) is 54.9 Å². The van der Waals surface area contributed by atoms with Crippen LogP contribution in [0, 0.1) is 13.8 Å². The molecule has 0 radical (unpaired) electrons. The number of hydrogen-bond acceptors (Lipinski definition) is 6. The molecule has 4 heterocycles. The normalized spacial score (nSPS) is 16.0. The predicted octanol–water partition coefficient (Wildman–Crippen LogP) is 1.56. The second-order valence-electron chi connectivity index (χ2n) is 7.32. The van der Waals surface area contributed by atoms with E-state index in [4.69, 9.17) is 4.42 Å². The van der Waals surface area contributed by atoms with E-state index in [0.29, 0.717) is 48.9 Å². The van der Waals surface area contributed by atoms with E-state index in [1.807, 2.05) is 0 Å². The number of amides is 1. The molecule has 30 heavy (non-hydrogen) atoms. The second-order valence-corrected chi connectivity index (χ2v) is 9.19. The fraction of sp³-hybridized carbons (Fsp3) is 0.421. The number of nitrogens with zero attached hydrogens (tertiary/aromatic N) is 5. The average Bonchev–Trinajstić information content (AvgIpc) is 3.39. The summed E-state index contributed by atoms with van der Waals surface area (Å²) in [6.07, 6.45) is 2.09. The number of sulfonamides is 1. The van der Waals surface area contributed by atoms with Crippen LogP contribution in [-0.4, -0.2) is 69.7 Å². The quantitative estimate of drug-likeness (QED) is 0.669. The molecule has 10 nitrogen and oxygen atoms in total. The number of aromatic nitrogens is 4. The van der Waals surface area contributed by atoms with Gasteiger partial charge in [0.15, 0.2) is 11.5 Å². The third-order valence-electron chi connectivity index (χ3n) is 5.37. The summed E-state index contributed by atoms with van der Waals surface area (Å²) in [5.41, 5.74) is 1.97. The van der Waals surface area contributed by atoms with Gasteiger partial charge in [0, 0.05) is 39.3 Å². The molecule has 0 aromatic carbocycles. The molecule has 0 bridgehead atoms. The van der Waals surface area contributed by atoms with E-state index in [-0.39, 0.29) is 23.0 Å². The SMILES string of the molecule is Cc1nn(C)c(C)c1S(=O)(=O)N1CCCN(C(=O)c2cc(-c3ccco3)[nH]n2)CC1. The van der Waals surface area contributed by atoms with Crippen molar-refractivity contribution in [3.05, 3.63) is 41.5 Å². The molecule has 1 amide bonds. The summed E-state index contributed by atoms with van der Waals surface area (Å²) >= 11 is 0. The van der Waals surface area contributed by atoms with Crippen LogP contribution in [0.5, 0.6) is 0 Å². The lowest BCUT2D eigenvalue weighted by atomic mass is 10.2. The van der Waals surface area contributed by atoms with Gasteiger partial charge >= 0.3 is 0 Å². The molecule has 1 N–H and O–H groups in total. The highest BCUT2D eigenvalue weighted by Crippen LogP contribution is 2.24. The van der Waals surface area contributed by atoms with Crippen molar-refractivity contribution in [2.24, 2.45) is 7.05 Å². The van der Waals surface area contributed by atoms with Gasteiger partial charge in [-0.1, -0.05) is 0 Å². The van der Waals surface area contributed by atoms with E-state index in [1.165, 1.54) is 4.31 Å². The molecular formula is C19H24N6O4S. The third kappa shape index (κ3) is 3.54. The Morgan fingerprint density at radius 1 is 1.20 bits per heavy atom. The van der Waals surface area contributed by atoms with Gasteiger partial charge in [0.2, 0.25) is 10.0 Å². The number of nitrogens with one attached hydrogen (secondary N) is 1. The van der Waals surface area contributed by atoms with Gasteiger partial charge in [-0.2, -0.15) is 14.5 Å². The van der Waals surface area contributed by atoms with E-state index in [2.05, 4.69) is 15.3 Å². The highest BCUT2D eigenvalue weighted by Gasteiger charge is 2.33. The summed E-state index contributed by atoms with van der Waals surface area (Å²) in [4.78, 5) is 14.8. The van der Waals surface area contributed by atoms with Crippen LogP contribution in [0.3, 0.4) is 0 Å². The van der Waals surface area contributed by atoms with Crippen molar-refractivity contribution in [2.75, 3.05) is 26.2 Å². The minimum absolute atomic E-state index is 0.220. The van der Waals surface area contributed by atoms with Gasteiger partial charge in [0.05, 0.1) is 17.7 Å². The topological polar surface area (TPSA) is 117 Å². The van der Waals surface area contributed by atoms with Gasteiger partial charge in [-0.05, 0) is 32.4 Å². The van der Waals surface area contributed by atoms with Crippen LogP contribution in [0.1, 0.15) is 28.3 Å². The van der Waals surface area contributed by atoms with Crippen LogP contribution >= 0.6 is 0 Å². The number of furan rings is 1. The number of aryl methyl sites for hydroxylation is 2. The van der Waals surface area contributed by atoms with E-state index in [9.17, 15) is 13.2 Å². The zero-order chi connectivity index (χ0) is 21.5. The summed E-state index contributed by atoms with van der Waals surface area (Å²) in [6.45, 7) is 4.75. The Hall–Kier alpha value is -2.92. The van der Waals surface area contributed by atoms with Gasteiger partial charge in [-0.3, -0.25) is 14.6 Å². The summed E-state index contributed by atoms with van der Waals surface area (Å²) < 4.78 is 34.8. The summed E-state index contributed by atoms with van der Waals surface area (Å²) in [6, 6.07) is 5.18. The van der Waals surface area contributed by atoms with Crippen molar-refractivity contribution in [1.29, 1.82) is 0 Å². The lowest BCUT2D eigenvalue weighted by Gasteiger charge is -2.21. The Morgan fingerprint density at radius 2 is 2.00 bits per heavy atom. The minimum atomic E-state index is -3.69. The predicted molar refractivity (Wildman–Crippen MR) is 108 cm³/mol. The maximum Gasteiger partial charge on any atom is 0.274 e. The van der Waals surface area contributed by atoms with Gasteiger partial charge in [-0.15, -0.1) is 0 Å². The highest BCUT2D eigenvalue weighted by molar-refractivity contribution is 7.89. The standard InChI is InChI=1S/C19H24N6O4S/c1-13-18(14(2)23(3)22-13)30(27,28)25-8-5-7-24(9-10-25)19(26)16-12-15(20-21-16)17-6-4-11-29-17/h4,6,11-12H,5,7-10H2,1-3H3,(H,20,21). The molecule has 3 aromatic rings. The van der Waals surface area contributed by atoms with Crippen molar-refractivity contribution >= 4 is 15.9 Å². The monoisotopic (exact) mass is 432 g/mol. The maximum atomic E-state index is 13.2. The molecule has 11 heteroatoms. The molecule has 4 rings (SSSR count). The zero-order valence-electron chi connectivity index (χ0n) is 17.1. The molecule has 0 saturated carbocycles. The molecule has 0 spiro atoms. The fourth-order valence-corrected chi connectivity index (χ4v) is 5.61. The van der Waals surface area contributed by atoms with E-state index >= 15 is 0 Å². The molecule has 1 fully saturated rings. The first-order valence-electron chi connectivity index (χ1n) is 9.68. The Kier molecular flexibility index (Phi) is 5.24. The largest absolute Gasteiger partial charge is 0.463 e. The first-order valence-corrected chi connectivity index (χ1v) is 11.1. The molecule has 0 atom stereocenters. The lowest BCUT2D eigenvalue weighted by molar-refractivity contribution is 0.0758. The van der Waals surface area contributed by atoms with Crippen molar-refractivity contribution in [1.82, 2.24) is 29.2 Å². The molecular weight excluding hydrogens is 408 g/mol. The molecule has 1 aliphatic rings. The van der Waals surface area contributed by atoms with Crippen molar-refractivity contribution in [3.8, 4) is 11.5 Å². The first-order chi connectivity index (χ1) is 14.3. The Morgan fingerprint density at radius 3 is 2.67 bits per heavy atom. The Labute approximate surface area is 174 Å².